The van der Waals surface area contributed by atoms with Gasteiger partial charge in [0.05, 0.1) is 33.3 Å². The lowest BCUT2D eigenvalue weighted by Crippen LogP contribution is -3.13. The molecule has 1 aliphatic heterocycles. The van der Waals surface area contributed by atoms with Gasteiger partial charge in [-0.1, -0.05) is 30.3 Å². The molecule has 2 aromatic carbocycles. The number of benzene rings is 2. The van der Waals surface area contributed by atoms with Crippen LogP contribution in [0, 0.1) is 0 Å². The van der Waals surface area contributed by atoms with Crippen LogP contribution in [-0.2, 0) is 6.54 Å². The van der Waals surface area contributed by atoms with Gasteiger partial charge in [-0.15, -0.1) is 0 Å². The van der Waals surface area contributed by atoms with Crippen LogP contribution in [0.2, 0.25) is 0 Å². The number of piperazine rings is 1. The van der Waals surface area contributed by atoms with Gasteiger partial charge in [0, 0.05) is 10.9 Å². The standard InChI is InChI=1S/C22H22N2O4/c1-27-18-7-8-20-17(13-18)14-19(22(26)28-20)21(25)24-11-9-23(10-12-24)15-16-5-3-2-4-6-16/h2-8,13-14H,9-12,15H2,1H3/p+1. The molecule has 1 saturated heterocycles. The Morgan fingerprint density at radius 2 is 1.86 bits per heavy atom. The summed E-state index contributed by atoms with van der Waals surface area (Å²) in [6.45, 7) is 3.90. The third kappa shape index (κ3) is 3.77. The second-order valence-corrected chi connectivity index (χ2v) is 7.06. The molecule has 0 saturated carbocycles. The summed E-state index contributed by atoms with van der Waals surface area (Å²) in [6.07, 6.45) is 0. The predicted octanol–water partition coefficient (Wildman–Crippen LogP) is 1.34. The number of methoxy groups -OCH3 is 1. The summed E-state index contributed by atoms with van der Waals surface area (Å²) >= 11 is 0. The summed E-state index contributed by atoms with van der Waals surface area (Å²) in [4.78, 5) is 28.4. The maximum atomic E-state index is 12.9. The van der Waals surface area contributed by atoms with E-state index >= 15 is 0 Å². The number of carbonyl (C=O) groups is 1. The molecule has 6 nitrogen and oxygen atoms in total. The number of quaternary nitrogens is 1. The summed E-state index contributed by atoms with van der Waals surface area (Å²) in [6, 6.07) is 17.1. The van der Waals surface area contributed by atoms with Crippen molar-refractivity contribution >= 4 is 16.9 Å². The molecule has 0 radical (unpaired) electrons. The van der Waals surface area contributed by atoms with E-state index < -0.39 is 5.63 Å². The first-order chi connectivity index (χ1) is 13.6. The average molecular weight is 379 g/mol. The van der Waals surface area contributed by atoms with Gasteiger partial charge in [0.15, 0.2) is 0 Å². The summed E-state index contributed by atoms with van der Waals surface area (Å²) in [5, 5.41) is 0.677. The number of rotatable bonds is 4. The van der Waals surface area contributed by atoms with Crippen LogP contribution in [0.4, 0.5) is 0 Å². The molecule has 0 aliphatic carbocycles. The molecule has 0 bridgehead atoms. The Hall–Kier alpha value is -3.12. The minimum absolute atomic E-state index is 0.0762. The molecule has 0 atom stereocenters. The highest BCUT2D eigenvalue weighted by molar-refractivity contribution is 5.96. The summed E-state index contributed by atoms with van der Waals surface area (Å²) in [7, 11) is 1.57. The molecule has 144 valence electrons. The summed E-state index contributed by atoms with van der Waals surface area (Å²) in [5.41, 5.74) is 1.22. The Morgan fingerprint density at radius 3 is 2.57 bits per heavy atom. The van der Waals surface area contributed by atoms with E-state index in [1.807, 2.05) is 18.2 Å². The van der Waals surface area contributed by atoms with Crippen LogP contribution in [0.15, 0.2) is 63.8 Å². The lowest BCUT2D eigenvalue weighted by molar-refractivity contribution is -0.917. The third-order valence-corrected chi connectivity index (χ3v) is 5.22. The van der Waals surface area contributed by atoms with Crippen LogP contribution < -0.4 is 15.3 Å². The zero-order chi connectivity index (χ0) is 19.5. The number of hydrogen-bond donors (Lipinski definition) is 1. The van der Waals surface area contributed by atoms with Gasteiger partial charge in [0.2, 0.25) is 0 Å². The van der Waals surface area contributed by atoms with E-state index in [0.717, 1.165) is 19.6 Å². The largest absolute Gasteiger partial charge is 0.497 e. The molecule has 6 heteroatoms. The fourth-order valence-electron chi connectivity index (χ4n) is 3.64. The van der Waals surface area contributed by atoms with Gasteiger partial charge in [-0.25, -0.2) is 4.79 Å². The predicted molar refractivity (Wildman–Crippen MR) is 106 cm³/mol. The molecular formula is C22H23N2O4+. The number of hydrogen-bond acceptors (Lipinski definition) is 4. The van der Waals surface area contributed by atoms with Crippen LogP contribution in [-0.4, -0.2) is 44.1 Å². The van der Waals surface area contributed by atoms with E-state index in [1.165, 1.54) is 10.5 Å². The number of amides is 1. The number of nitrogens with one attached hydrogen (secondary N) is 1. The molecule has 0 unspecified atom stereocenters. The van der Waals surface area contributed by atoms with Crippen molar-refractivity contribution in [1.82, 2.24) is 4.90 Å². The fraction of sp³-hybridized carbons (Fsp3) is 0.273. The van der Waals surface area contributed by atoms with Gasteiger partial charge >= 0.3 is 5.63 Å². The monoisotopic (exact) mass is 379 g/mol. The van der Waals surface area contributed by atoms with Crippen molar-refractivity contribution in [1.29, 1.82) is 0 Å². The van der Waals surface area contributed by atoms with Crippen molar-refractivity contribution in [3.63, 3.8) is 0 Å². The molecule has 1 fully saturated rings. The van der Waals surface area contributed by atoms with Crippen molar-refractivity contribution < 1.29 is 18.8 Å². The van der Waals surface area contributed by atoms with E-state index in [2.05, 4.69) is 12.1 Å². The molecule has 3 aromatic rings. The Bertz CT molecular complexity index is 1040. The highest BCUT2D eigenvalue weighted by Gasteiger charge is 2.27. The van der Waals surface area contributed by atoms with Crippen molar-refractivity contribution in [3.05, 3.63) is 76.1 Å². The maximum Gasteiger partial charge on any atom is 0.349 e. The minimum Gasteiger partial charge on any atom is -0.497 e. The third-order valence-electron chi connectivity index (χ3n) is 5.22. The molecule has 1 N–H and O–H groups in total. The number of carbonyl (C=O) groups excluding carboxylic acids is 1. The van der Waals surface area contributed by atoms with E-state index in [9.17, 15) is 9.59 Å². The van der Waals surface area contributed by atoms with Gasteiger partial charge < -0.3 is 19.0 Å². The summed E-state index contributed by atoms with van der Waals surface area (Å²) in [5.74, 6) is 0.384. The highest BCUT2D eigenvalue weighted by Crippen LogP contribution is 2.20. The first-order valence-electron chi connectivity index (χ1n) is 9.43. The fourth-order valence-corrected chi connectivity index (χ4v) is 3.64. The number of fused-ring (bicyclic) bond motifs is 1. The number of nitrogens with zero attached hydrogens (tertiary/aromatic N) is 1. The van der Waals surface area contributed by atoms with Gasteiger partial charge in [-0.05, 0) is 24.3 Å². The van der Waals surface area contributed by atoms with Crippen LogP contribution in [0.25, 0.3) is 11.0 Å². The van der Waals surface area contributed by atoms with Crippen molar-refractivity contribution in [3.8, 4) is 5.75 Å². The molecule has 28 heavy (non-hydrogen) atoms. The quantitative estimate of drug-likeness (QED) is 0.695. The maximum absolute atomic E-state index is 12.9. The van der Waals surface area contributed by atoms with Crippen molar-refractivity contribution in [2.45, 2.75) is 6.54 Å². The zero-order valence-electron chi connectivity index (χ0n) is 15.8. The zero-order valence-corrected chi connectivity index (χ0v) is 15.8. The van der Waals surface area contributed by atoms with Gasteiger partial charge in [0.25, 0.3) is 5.91 Å². The Morgan fingerprint density at radius 1 is 1.11 bits per heavy atom. The van der Waals surface area contributed by atoms with E-state index in [-0.39, 0.29) is 11.5 Å². The average Bonchev–Trinajstić information content (AvgIpc) is 2.74. The first-order valence-corrected chi connectivity index (χ1v) is 9.43. The summed E-state index contributed by atoms with van der Waals surface area (Å²) < 4.78 is 10.6. The highest BCUT2D eigenvalue weighted by atomic mass is 16.5. The van der Waals surface area contributed by atoms with Crippen LogP contribution in [0.3, 0.4) is 0 Å². The SMILES string of the molecule is COc1ccc2oc(=O)c(C(=O)N3CC[NH+](Cc4ccccc4)CC3)cc2c1. The molecule has 1 aliphatic rings. The lowest BCUT2D eigenvalue weighted by Gasteiger charge is -2.32. The van der Waals surface area contributed by atoms with Crippen molar-refractivity contribution in [2.24, 2.45) is 0 Å². The van der Waals surface area contributed by atoms with Gasteiger partial charge in [-0.2, -0.15) is 0 Å². The minimum atomic E-state index is -0.596. The topological polar surface area (TPSA) is 64.2 Å². The Labute approximate surface area is 162 Å². The molecule has 1 aromatic heterocycles. The molecule has 4 rings (SSSR count). The second-order valence-electron chi connectivity index (χ2n) is 7.06. The first kappa shape index (κ1) is 18.3. The normalized spacial score (nSPS) is 15.0. The lowest BCUT2D eigenvalue weighted by atomic mass is 10.1. The smallest absolute Gasteiger partial charge is 0.349 e. The van der Waals surface area contributed by atoms with E-state index in [4.69, 9.17) is 9.15 Å². The van der Waals surface area contributed by atoms with Crippen molar-refractivity contribution in [2.75, 3.05) is 33.3 Å². The molecule has 0 spiro atoms. The van der Waals surface area contributed by atoms with Crippen LogP contribution in [0.1, 0.15) is 15.9 Å². The molecular weight excluding hydrogens is 356 g/mol. The Balaban J connectivity index is 1.47. The van der Waals surface area contributed by atoms with Crippen LogP contribution >= 0.6 is 0 Å². The van der Waals surface area contributed by atoms with Gasteiger partial charge in [0.1, 0.15) is 23.4 Å². The second kappa shape index (κ2) is 7.86. The van der Waals surface area contributed by atoms with Gasteiger partial charge in [-0.3, -0.25) is 4.79 Å². The van der Waals surface area contributed by atoms with Crippen LogP contribution in [0.5, 0.6) is 5.75 Å². The van der Waals surface area contributed by atoms with E-state index in [1.54, 1.807) is 36.3 Å². The Kier molecular flexibility index (Phi) is 5.12. The number of ether oxygens (including phenoxy) is 1. The van der Waals surface area contributed by atoms with E-state index in [0.29, 0.717) is 29.8 Å². The molecule has 2 heterocycles. The molecule has 1 amide bonds.